The van der Waals surface area contributed by atoms with Gasteiger partial charge in [0.15, 0.2) is 0 Å². The fraction of sp³-hybridized carbons (Fsp3) is 0.235. The molecule has 2 fully saturated rings. The maximum Gasteiger partial charge on any atom is 1.00 e. The average Bonchev–Trinajstić information content (AvgIpc) is 3.03. The minimum absolute atomic E-state index is 0. The van der Waals surface area contributed by atoms with Gasteiger partial charge in [0.25, 0.3) is 0 Å². The summed E-state index contributed by atoms with van der Waals surface area (Å²) in [7, 11) is 0. The second-order valence-corrected chi connectivity index (χ2v) is 10.0. The van der Waals surface area contributed by atoms with Crippen molar-refractivity contribution in [2.45, 2.75) is 0 Å². The van der Waals surface area contributed by atoms with Crippen molar-refractivity contribution in [1.82, 2.24) is 0 Å². The molecule has 0 radical (unpaired) electrons. The third-order valence-electron chi connectivity index (χ3n) is 7.31. The molecule has 0 amide bonds. The molecule has 0 unspecified atom stereocenters. The molecule has 0 saturated carbocycles. The van der Waals surface area contributed by atoms with Crippen LogP contribution in [0.3, 0.4) is 0 Å². The maximum atomic E-state index is 5.80. The van der Waals surface area contributed by atoms with Crippen LogP contribution in [-0.4, -0.2) is 52.6 Å². The first-order valence-electron chi connectivity index (χ1n) is 14.1. The van der Waals surface area contributed by atoms with Crippen LogP contribution in [0.15, 0.2) is 97.1 Å². The van der Waals surface area contributed by atoms with Crippen LogP contribution in [0.4, 0.5) is 34.1 Å². The summed E-state index contributed by atoms with van der Waals surface area (Å²) < 4.78 is 11.6. The molecule has 0 spiro atoms. The predicted octanol–water partition coefficient (Wildman–Crippen LogP) is 4.13. The molecular weight excluding hydrogens is 519 g/mol. The van der Waals surface area contributed by atoms with Crippen LogP contribution in [0.2, 0.25) is 0 Å². The topological polar surface area (TPSA) is 49.0 Å². The van der Waals surface area contributed by atoms with E-state index >= 15 is 0 Å². The molecule has 2 heterocycles. The van der Waals surface area contributed by atoms with Crippen LogP contribution in [0, 0.1) is 0 Å². The van der Waals surface area contributed by atoms with Gasteiger partial charge in [-0.2, -0.15) is 0 Å². The van der Waals surface area contributed by atoms with Crippen LogP contribution in [0.1, 0.15) is 12.6 Å². The molecule has 0 aromatic heterocycles. The molecule has 0 atom stereocenters. The molecule has 2 aliphatic rings. The molecule has 6 nitrogen and oxygen atoms in total. The molecule has 4 aromatic carbocycles. The van der Waals surface area contributed by atoms with Crippen LogP contribution < -0.4 is 50.0 Å². The standard InChI is InChI=1S/C34H36N4O2.Na.H/c1-4-10-27(11-5-1)16-17-28-26-31(35-29-12-6-2-7-13-29)32(36-30-14-8-3-9-15-30)34(38-20-24-40-25-21-38)33(28)37-18-22-39-23-19-37;;/h1-17,26,35-36H,18-25H2;;/q;+1;-1. The summed E-state index contributed by atoms with van der Waals surface area (Å²) in [4.78, 5) is 4.97. The molecule has 0 bridgehead atoms. The van der Waals surface area contributed by atoms with Gasteiger partial charge in [-0.05, 0) is 35.9 Å². The third kappa shape index (κ3) is 7.34. The van der Waals surface area contributed by atoms with Gasteiger partial charge in [-0.1, -0.05) is 78.9 Å². The van der Waals surface area contributed by atoms with E-state index in [2.05, 4.69) is 118 Å². The molecule has 2 aliphatic heterocycles. The average molecular weight is 557 g/mol. The van der Waals surface area contributed by atoms with Gasteiger partial charge in [-0.25, -0.2) is 0 Å². The number of nitrogens with zero attached hydrogens (tertiary/aromatic N) is 2. The van der Waals surface area contributed by atoms with Crippen molar-refractivity contribution in [3.63, 3.8) is 0 Å². The van der Waals surface area contributed by atoms with Crippen LogP contribution >= 0.6 is 0 Å². The first kappa shape index (κ1) is 29.2. The predicted molar refractivity (Wildman–Crippen MR) is 168 cm³/mol. The number of morpholine rings is 2. The van der Waals surface area contributed by atoms with Crippen molar-refractivity contribution >= 4 is 46.3 Å². The Hall–Kier alpha value is -3.26. The van der Waals surface area contributed by atoms with Crippen molar-refractivity contribution in [1.29, 1.82) is 0 Å². The van der Waals surface area contributed by atoms with Crippen LogP contribution in [0.25, 0.3) is 12.2 Å². The van der Waals surface area contributed by atoms with E-state index in [9.17, 15) is 0 Å². The Kier molecular flexibility index (Phi) is 10.4. The number of anilines is 6. The number of benzene rings is 4. The molecule has 2 N–H and O–H groups in total. The van der Waals surface area contributed by atoms with E-state index in [1.807, 2.05) is 12.1 Å². The molecular formula is C34H37N4NaO2. The molecule has 0 aliphatic carbocycles. The van der Waals surface area contributed by atoms with Crippen molar-refractivity contribution in [3.05, 3.63) is 108 Å². The van der Waals surface area contributed by atoms with E-state index in [1.165, 1.54) is 22.5 Å². The van der Waals surface area contributed by atoms with Gasteiger partial charge in [0, 0.05) is 43.1 Å². The number of hydrogen-bond acceptors (Lipinski definition) is 6. The van der Waals surface area contributed by atoms with E-state index < -0.39 is 0 Å². The fourth-order valence-corrected chi connectivity index (χ4v) is 5.34. The zero-order valence-corrected chi connectivity index (χ0v) is 25.8. The smallest absolute Gasteiger partial charge is 1.00 e. The zero-order valence-electron chi connectivity index (χ0n) is 24.8. The van der Waals surface area contributed by atoms with E-state index in [0.29, 0.717) is 13.2 Å². The molecule has 206 valence electrons. The molecule has 2 saturated heterocycles. The molecule has 7 heteroatoms. The van der Waals surface area contributed by atoms with Crippen molar-refractivity contribution in [2.24, 2.45) is 0 Å². The van der Waals surface area contributed by atoms with Crippen molar-refractivity contribution < 1.29 is 40.5 Å². The van der Waals surface area contributed by atoms with Gasteiger partial charge in [0.05, 0.1) is 49.2 Å². The molecule has 6 rings (SSSR count). The van der Waals surface area contributed by atoms with Gasteiger partial charge in [-0.3, -0.25) is 0 Å². The summed E-state index contributed by atoms with van der Waals surface area (Å²) in [6.07, 6.45) is 4.46. The van der Waals surface area contributed by atoms with Gasteiger partial charge < -0.3 is 31.3 Å². The zero-order chi connectivity index (χ0) is 27.0. The Morgan fingerprint density at radius 2 is 1.07 bits per heavy atom. The Bertz CT molecular complexity index is 1410. The first-order chi connectivity index (χ1) is 19.8. The maximum absolute atomic E-state index is 5.80. The summed E-state index contributed by atoms with van der Waals surface area (Å²) >= 11 is 0. The number of rotatable bonds is 8. The van der Waals surface area contributed by atoms with Gasteiger partial charge >= 0.3 is 29.6 Å². The van der Waals surface area contributed by atoms with Gasteiger partial charge in [0.1, 0.15) is 0 Å². The first-order valence-corrected chi connectivity index (χ1v) is 14.1. The number of ether oxygens (including phenoxy) is 2. The number of para-hydroxylation sites is 2. The summed E-state index contributed by atoms with van der Waals surface area (Å²) in [5, 5.41) is 7.56. The summed E-state index contributed by atoms with van der Waals surface area (Å²) in [5.41, 5.74) is 8.96. The summed E-state index contributed by atoms with van der Waals surface area (Å²) in [6, 6.07) is 33.6. The Labute approximate surface area is 266 Å². The van der Waals surface area contributed by atoms with E-state index in [0.717, 1.165) is 62.1 Å². The Morgan fingerprint density at radius 1 is 0.585 bits per heavy atom. The van der Waals surface area contributed by atoms with Crippen LogP contribution in [-0.2, 0) is 9.47 Å². The Balaban J connectivity index is 0.00000202. The largest absolute Gasteiger partial charge is 1.00 e. The normalized spacial score (nSPS) is 15.4. The summed E-state index contributed by atoms with van der Waals surface area (Å²) in [5.74, 6) is 0. The van der Waals surface area contributed by atoms with Crippen molar-refractivity contribution in [3.8, 4) is 0 Å². The minimum atomic E-state index is 0. The molecule has 41 heavy (non-hydrogen) atoms. The monoisotopic (exact) mass is 556 g/mol. The Morgan fingerprint density at radius 3 is 1.63 bits per heavy atom. The number of hydrogen-bond donors (Lipinski definition) is 2. The fourth-order valence-electron chi connectivity index (χ4n) is 5.34. The SMILES string of the molecule is C(=Cc1cc(Nc2ccccc2)c(Nc2ccccc2)c(N2CCOCC2)c1N1CCOCC1)c1ccccc1.[H-].[Na+]. The van der Waals surface area contributed by atoms with Gasteiger partial charge in [-0.15, -0.1) is 0 Å². The van der Waals surface area contributed by atoms with E-state index in [4.69, 9.17) is 9.47 Å². The molecule has 4 aromatic rings. The minimum Gasteiger partial charge on any atom is -1.00 e. The van der Waals surface area contributed by atoms with E-state index in [-0.39, 0.29) is 31.0 Å². The van der Waals surface area contributed by atoms with Gasteiger partial charge in [0.2, 0.25) is 0 Å². The summed E-state index contributed by atoms with van der Waals surface area (Å²) in [6.45, 7) is 6.21. The van der Waals surface area contributed by atoms with E-state index in [1.54, 1.807) is 0 Å². The second kappa shape index (κ2) is 14.6. The third-order valence-corrected chi connectivity index (χ3v) is 7.31. The van der Waals surface area contributed by atoms with Crippen LogP contribution in [0.5, 0.6) is 0 Å². The quantitative estimate of drug-likeness (QED) is 0.252. The second-order valence-electron chi connectivity index (χ2n) is 10.0. The van der Waals surface area contributed by atoms with Crippen molar-refractivity contribution in [2.75, 3.05) is 73.0 Å². The number of nitrogens with one attached hydrogen (secondary N) is 2.